The summed E-state index contributed by atoms with van der Waals surface area (Å²) in [5.74, 6) is 1.61. The normalized spacial score (nSPS) is 23.7. The Morgan fingerprint density at radius 3 is 2.33 bits per heavy atom. The van der Waals surface area contributed by atoms with Crippen molar-refractivity contribution >= 4 is 40.7 Å². The van der Waals surface area contributed by atoms with Gasteiger partial charge in [-0.05, 0) is 77.7 Å². The number of nitrogens with zero attached hydrogens (tertiary/aromatic N) is 1. The van der Waals surface area contributed by atoms with Crippen molar-refractivity contribution < 1.29 is 33.2 Å². The molecule has 236 valence electrons. The molecule has 5 atom stereocenters. The number of thiazole rings is 1. The molecule has 1 aromatic heterocycles. The van der Waals surface area contributed by atoms with E-state index >= 15 is 0 Å². The van der Waals surface area contributed by atoms with Gasteiger partial charge in [0.1, 0.15) is 5.01 Å². The molecule has 11 heteroatoms. The van der Waals surface area contributed by atoms with E-state index in [1.165, 1.54) is 0 Å². The van der Waals surface area contributed by atoms with Crippen molar-refractivity contribution in [1.82, 2.24) is 4.98 Å². The summed E-state index contributed by atoms with van der Waals surface area (Å²) in [4.78, 5) is 19.5. The third kappa shape index (κ3) is 4.65. The molecular formula is C35H31ClN2O7S. The van der Waals surface area contributed by atoms with Crippen LogP contribution in [0.5, 0.6) is 28.7 Å². The minimum Gasteiger partial charge on any atom is -0.493 e. The van der Waals surface area contributed by atoms with Crippen LogP contribution in [0.1, 0.15) is 51.0 Å². The minimum absolute atomic E-state index is 0.0960. The average molecular weight is 659 g/mol. The van der Waals surface area contributed by atoms with E-state index in [1.54, 1.807) is 32.7 Å². The van der Waals surface area contributed by atoms with E-state index in [-0.39, 0.29) is 42.6 Å². The number of alkyl halides is 1. The van der Waals surface area contributed by atoms with Gasteiger partial charge >= 0.3 is 5.97 Å². The highest BCUT2D eigenvalue weighted by Gasteiger charge is 2.52. The van der Waals surface area contributed by atoms with Crippen LogP contribution in [0.2, 0.25) is 0 Å². The highest BCUT2D eigenvalue weighted by molar-refractivity contribution is 7.16. The summed E-state index contributed by atoms with van der Waals surface area (Å²) >= 11 is 8.17. The topological polar surface area (TPSA) is 97.4 Å². The molecule has 0 spiro atoms. The van der Waals surface area contributed by atoms with Crippen molar-refractivity contribution in [3.8, 4) is 39.3 Å². The first-order valence-corrected chi connectivity index (χ1v) is 16.3. The van der Waals surface area contributed by atoms with Crippen LogP contribution < -0.4 is 29.0 Å². The summed E-state index contributed by atoms with van der Waals surface area (Å²) in [6.45, 7) is 0.424. The third-order valence-electron chi connectivity index (χ3n) is 9.28. The van der Waals surface area contributed by atoms with Crippen molar-refractivity contribution in [2.45, 2.75) is 23.8 Å². The van der Waals surface area contributed by atoms with Crippen molar-refractivity contribution in [3.05, 3.63) is 81.9 Å². The summed E-state index contributed by atoms with van der Waals surface area (Å²) in [6, 6.07) is 15.8. The van der Waals surface area contributed by atoms with Crippen molar-refractivity contribution in [3.63, 3.8) is 0 Å². The van der Waals surface area contributed by atoms with Gasteiger partial charge in [0.05, 0.1) is 55.8 Å². The van der Waals surface area contributed by atoms with E-state index in [0.29, 0.717) is 28.7 Å². The monoisotopic (exact) mass is 658 g/mol. The molecule has 2 aliphatic heterocycles. The lowest BCUT2D eigenvalue weighted by molar-refractivity contribution is -0.141. The Labute approximate surface area is 275 Å². The van der Waals surface area contributed by atoms with Gasteiger partial charge in [-0.3, -0.25) is 4.79 Å². The number of halogens is 1. The maximum absolute atomic E-state index is 13.6. The van der Waals surface area contributed by atoms with Crippen molar-refractivity contribution in [2.75, 3.05) is 40.0 Å². The molecule has 8 rings (SSSR count). The van der Waals surface area contributed by atoms with Gasteiger partial charge < -0.3 is 33.7 Å². The molecule has 0 saturated carbocycles. The summed E-state index contributed by atoms with van der Waals surface area (Å²) in [6.07, 6.45) is 4.99. The molecule has 3 aromatic carbocycles. The summed E-state index contributed by atoms with van der Waals surface area (Å²) < 4.78 is 34.4. The number of rotatable bonds is 7. The SMILES string of the molecule is COc1cc([C@@H]2c3cc4c(cc3[C@@H](Nc3ccc(-c5nc6c(s5)C=CCC6Cl)cc3)[C@H]3COC(=O)[C@H]23)OCO4)cc(OC)c1OC. The van der Waals surface area contributed by atoms with E-state index in [0.717, 1.165) is 49.9 Å². The zero-order valence-electron chi connectivity index (χ0n) is 25.4. The summed E-state index contributed by atoms with van der Waals surface area (Å²) in [5.41, 5.74) is 5.70. The number of hydrogen-bond donors (Lipinski definition) is 1. The lowest BCUT2D eigenvalue weighted by Crippen LogP contribution is -2.37. The summed E-state index contributed by atoms with van der Waals surface area (Å²) in [7, 11) is 4.74. The molecule has 46 heavy (non-hydrogen) atoms. The first kappa shape index (κ1) is 29.0. The van der Waals surface area contributed by atoms with Gasteiger partial charge in [0.2, 0.25) is 12.5 Å². The molecule has 2 aliphatic carbocycles. The maximum Gasteiger partial charge on any atom is 0.310 e. The molecule has 0 amide bonds. The standard InChI is InChI=1S/C35H31ClN2O7S/c1-40-26-11-18(12-27(41-2)33(26)42-3)29-20-13-24-25(45-16-44-24)14-21(20)31(22-15-43-35(39)30(22)29)37-19-9-7-17(8-10-19)34-38-32-23(36)5-4-6-28(32)46-34/h4,6-14,22-23,29-31,37H,5,15-16H2,1-3H3/t22-,23?,29+,30-,31+/m0/s1. The molecule has 1 fully saturated rings. The quantitative estimate of drug-likeness (QED) is 0.161. The van der Waals surface area contributed by atoms with Crippen LogP contribution in [0, 0.1) is 11.8 Å². The number of ether oxygens (including phenoxy) is 6. The molecule has 0 bridgehead atoms. The van der Waals surface area contributed by atoms with Gasteiger partial charge in [0.25, 0.3) is 0 Å². The van der Waals surface area contributed by atoms with Crippen molar-refractivity contribution in [2.24, 2.45) is 11.8 Å². The van der Waals surface area contributed by atoms with Gasteiger partial charge in [-0.2, -0.15) is 0 Å². The van der Waals surface area contributed by atoms with Gasteiger partial charge in [-0.1, -0.05) is 6.08 Å². The van der Waals surface area contributed by atoms with E-state index in [9.17, 15) is 4.79 Å². The Kier molecular flexibility index (Phi) is 7.21. The lowest BCUT2D eigenvalue weighted by Gasteiger charge is -2.40. The van der Waals surface area contributed by atoms with Gasteiger partial charge in [0.15, 0.2) is 23.0 Å². The zero-order chi connectivity index (χ0) is 31.5. The number of aromatic nitrogens is 1. The first-order chi connectivity index (χ1) is 22.5. The number of allylic oxidation sites excluding steroid dienone is 1. The number of cyclic esters (lactones) is 1. The molecule has 9 nitrogen and oxygen atoms in total. The van der Waals surface area contributed by atoms with Crippen LogP contribution in [0.25, 0.3) is 16.6 Å². The first-order valence-electron chi connectivity index (χ1n) is 15.1. The van der Waals surface area contributed by atoms with E-state index in [2.05, 4.69) is 29.6 Å². The number of methoxy groups -OCH3 is 3. The Bertz CT molecular complexity index is 1850. The molecule has 4 aromatic rings. The Morgan fingerprint density at radius 2 is 1.65 bits per heavy atom. The number of esters is 1. The fraction of sp³-hybridized carbons (Fsp3) is 0.314. The maximum atomic E-state index is 13.6. The van der Waals surface area contributed by atoms with Gasteiger partial charge in [0, 0.05) is 23.1 Å². The second-order valence-electron chi connectivity index (χ2n) is 11.7. The van der Waals surface area contributed by atoms with Crippen molar-refractivity contribution in [1.29, 1.82) is 0 Å². The van der Waals surface area contributed by atoms with E-state index in [4.69, 9.17) is 45.0 Å². The smallest absolute Gasteiger partial charge is 0.310 e. The van der Waals surface area contributed by atoms with Gasteiger partial charge in [-0.15, -0.1) is 22.9 Å². The second-order valence-corrected chi connectivity index (χ2v) is 13.2. The Balaban J connectivity index is 1.19. The largest absolute Gasteiger partial charge is 0.493 e. The fourth-order valence-electron chi connectivity index (χ4n) is 7.13. The van der Waals surface area contributed by atoms with Crippen LogP contribution in [0.15, 0.2) is 54.6 Å². The molecule has 4 aliphatic rings. The number of carbonyl (C=O) groups is 1. The molecule has 1 saturated heterocycles. The number of fused-ring (bicyclic) bond motifs is 4. The number of hydrogen-bond acceptors (Lipinski definition) is 10. The average Bonchev–Trinajstić information content (AvgIpc) is 3.83. The van der Waals surface area contributed by atoms with E-state index < -0.39 is 5.92 Å². The lowest BCUT2D eigenvalue weighted by atomic mass is 9.65. The number of benzene rings is 3. The number of anilines is 1. The van der Waals surface area contributed by atoms with E-state index in [1.807, 2.05) is 36.4 Å². The highest BCUT2D eigenvalue weighted by Crippen LogP contribution is 2.56. The molecule has 3 heterocycles. The second kappa shape index (κ2) is 11.4. The number of nitrogens with one attached hydrogen (secondary N) is 1. The predicted molar refractivity (Wildman–Crippen MR) is 175 cm³/mol. The molecule has 1 N–H and O–H groups in total. The van der Waals surface area contributed by atoms with Crippen LogP contribution in [0.3, 0.4) is 0 Å². The fourth-order valence-corrected chi connectivity index (χ4v) is 8.53. The zero-order valence-corrected chi connectivity index (χ0v) is 26.9. The number of carbonyl (C=O) groups excluding carboxylic acids is 1. The molecule has 1 unspecified atom stereocenters. The Hall–Kier alpha value is -4.41. The molecular weight excluding hydrogens is 628 g/mol. The third-order valence-corrected chi connectivity index (χ3v) is 10.7. The van der Waals surface area contributed by atoms with Crippen LogP contribution in [-0.4, -0.2) is 45.7 Å². The molecule has 0 radical (unpaired) electrons. The van der Waals surface area contributed by atoms with Crippen LogP contribution in [-0.2, 0) is 9.53 Å². The van der Waals surface area contributed by atoms with Crippen LogP contribution >= 0.6 is 22.9 Å². The highest BCUT2D eigenvalue weighted by atomic mass is 35.5. The Morgan fingerprint density at radius 1 is 0.935 bits per heavy atom. The minimum atomic E-state index is -0.467. The van der Waals surface area contributed by atoms with Crippen LogP contribution in [0.4, 0.5) is 5.69 Å². The summed E-state index contributed by atoms with van der Waals surface area (Å²) in [5, 5.41) is 4.58. The van der Waals surface area contributed by atoms with Gasteiger partial charge in [-0.25, -0.2) is 4.98 Å². The predicted octanol–water partition coefficient (Wildman–Crippen LogP) is 7.35.